The van der Waals surface area contributed by atoms with Crippen LogP contribution in [0.15, 0.2) is 24.4 Å². The molecule has 0 radical (unpaired) electrons. The highest BCUT2D eigenvalue weighted by Gasteiger charge is 2.20. The van der Waals surface area contributed by atoms with E-state index in [1.165, 1.54) is 0 Å². The van der Waals surface area contributed by atoms with Crippen molar-refractivity contribution in [3.63, 3.8) is 0 Å². The lowest BCUT2D eigenvalue weighted by atomic mass is 10.0. The molecule has 0 atom stereocenters. The van der Waals surface area contributed by atoms with Gasteiger partial charge in [-0.3, -0.25) is 9.89 Å². The average molecular weight is 258 g/mol. The zero-order valence-electron chi connectivity index (χ0n) is 11.0. The van der Waals surface area contributed by atoms with Gasteiger partial charge < -0.3 is 10.2 Å². The van der Waals surface area contributed by atoms with Crippen molar-refractivity contribution < 1.29 is 4.79 Å². The number of nitrogens with one attached hydrogen (secondary N) is 2. The number of hydrogen-bond acceptors (Lipinski definition) is 3. The Hall–Kier alpha value is -2.04. The molecule has 1 fully saturated rings. The third kappa shape index (κ3) is 2.54. The summed E-state index contributed by atoms with van der Waals surface area (Å²) in [6.07, 6.45) is 3.83. The molecule has 1 aromatic carbocycles. The summed E-state index contributed by atoms with van der Waals surface area (Å²) in [4.78, 5) is 13.2. The van der Waals surface area contributed by atoms with Gasteiger partial charge in [-0.25, -0.2) is 0 Å². The number of carbonyl (C=O) groups excluding carboxylic acids is 1. The van der Waals surface area contributed by atoms with Crippen molar-refractivity contribution in [1.82, 2.24) is 15.1 Å². The predicted molar refractivity (Wildman–Crippen MR) is 75.0 cm³/mol. The van der Waals surface area contributed by atoms with Crippen LogP contribution in [-0.4, -0.2) is 40.1 Å². The van der Waals surface area contributed by atoms with Gasteiger partial charge in [-0.05, 0) is 31.0 Å². The molecule has 5 heteroatoms. The van der Waals surface area contributed by atoms with E-state index in [9.17, 15) is 4.79 Å². The van der Waals surface area contributed by atoms with Gasteiger partial charge in [0.25, 0.3) is 0 Å². The standard InChI is InChI=1S/C14H18N4O/c1-10(19)18-6-4-12(5-7-18)16-13-3-2-11-9-15-17-14(11)8-13/h2-3,8-9,12,16H,4-7H2,1H3,(H,15,17). The Bertz CT molecular complexity index is 584. The first-order valence-corrected chi connectivity index (χ1v) is 6.67. The van der Waals surface area contributed by atoms with Crippen molar-refractivity contribution in [2.75, 3.05) is 18.4 Å². The van der Waals surface area contributed by atoms with Crippen molar-refractivity contribution in [2.24, 2.45) is 0 Å². The molecular formula is C14H18N4O. The Labute approximate surface area is 112 Å². The predicted octanol–water partition coefficient (Wildman–Crippen LogP) is 1.99. The molecule has 0 unspecified atom stereocenters. The van der Waals surface area contributed by atoms with Crippen molar-refractivity contribution >= 4 is 22.5 Å². The molecule has 0 spiro atoms. The number of hydrogen-bond donors (Lipinski definition) is 2. The Balaban J connectivity index is 1.64. The normalized spacial score (nSPS) is 16.8. The quantitative estimate of drug-likeness (QED) is 0.866. The van der Waals surface area contributed by atoms with Crippen LogP contribution in [-0.2, 0) is 4.79 Å². The van der Waals surface area contributed by atoms with E-state index in [1.54, 1.807) is 6.92 Å². The second-order valence-electron chi connectivity index (χ2n) is 5.10. The van der Waals surface area contributed by atoms with Crippen LogP contribution >= 0.6 is 0 Å². The highest BCUT2D eigenvalue weighted by Crippen LogP contribution is 2.20. The Morgan fingerprint density at radius 1 is 1.42 bits per heavy atom. The number of fused-ring (bicyclic) bond motifs is 1. The molecule has 1 aliphatic heterocycles. The Morgan fingerprint density at radius 3 is 2.95 bits per heavy atom. The molecule has 1 saturated heterocycles. The summed E-state index contributed by atoms with van der Waals surface area (Å²) in [6, 6.07) is 6.66. The van der Waals surface area contributed by atoms with Crippen LogP contribution in [0.4, 0.5) is 5.69 Å². The number of benzene rings is 1. The maximum absolute atomic E-state index is 11.3. The van der Waals surface area contributed by atoms with Crippen molar-refractivity contribution in [2.45, 2.75) is 25.8 Å². The minimum Gasteiger partial charge on any atom is -0.382 e. The first kappa shape index (κ1) is 12.0. The van der Waals surface area contributed by atoms with E-state index in [1.807, 2.05) is 11.1 Å². The van der Waals surface area contributed by atoms with E-state index >= 15 is 0 Å². The Morgan fingerprint density at radius 2 is 2.21 bits per heavy atom. The molecule has 2 heterocycles. The number of anilines is 1. The minimum absolute atomic E-state index is 0.178. The molecular weight excluding hydrogens is 240 g/mol. The van der Waals surface area contributed by atoms with Crippen molar-refractivity contribution in [3.05, 3.63) is 24.4 Å². The van der Waals surface area contributed by atoms with Gasteiger partial charge in [-0.1, -0.05) is 0 Å². The molecule has 0 saturated carbocycles. The van der Waals surface area contributed by atoms with Gasteiger partial charge in [0.1, 0.15) is 0 Å². The number of rotatable bonds is 2. The van der Waals surface area contributed by atoms with Gasteiger partial charge in [0.2, 0.25) is 5.91 Å². The summed E-state index contributed by atoms with van der Waals surface area (Å²) in [5, 5.41) is 11.7. The lowest BCUT2D eigenvalue weighted by Crippen LogP contribution is -2.41. The van der Waals surface area contributed by atoms with Crippen molar-refractivity contribution in [3.8, 4) is 0 Å². The van der Waals surface area contributed by atoms with Crippen LogP contribution in [0, 0.1) is 0 Å². The zero-order valence-corrected chi connectivity index (χ0v) is 11.0. The lowest BCUT2D eigenvalue weighted by Gasteiger charge is -2.32. The van der Waals surface area contributed by atoms with Crippen LogP contribution < -0.4 is 5.32 Å². The van der Waals surface area contributed by atoms with E-state index < -0.39 is 0 Å². The van der Waals surface area contributed by atoms with Gasteiger partial charge in [0.15, 0.2) is 0 Å². The van der Waals surface area contributed by atoms with Gasteiger partial charge in [-0.2, -0.15) is 5.10 Å². The highest BCUT2D eigenvalue weighted by atomic mass is 16.2. The molecule has 1 amide bonds. The van der Waals surface area contributed by atoms with Crippen LogP contribution in [0.1, 0.15) is 19.8 Å². The third-order valence-electron chi connectivity index (χ3n) is 3.75. The van der Waals surface area contributed by atoms with Crippen LogP contribution in [0.5, 0.6) is 0 Å². The molecule has 0 bridgehead atoms. The molecule has 0 aliphatic carbocycles. The van der Waals surface area contributed by atoms with Crippen LogP contribution in [0.3, 0.4) is 0 Å². The first-order valence-electron chi connectivity index (χ1n) is 6.67. The summed E-state index contributed by atoms with van der Waals surface area (Å²) in [7, 11) is 0. The smallest absolute Gasteiger partial charge is 0.219 e. The molecule has 2 aromatic rings. The second kappa shape index (κ2) is 4.91. The van der Waals surface area contributed by atoms with Gasteiger partial charge in [0, 0.05) is 37.1 Å². The summed E-state index contributed by atoms with van der Waals surface area (Å²) in [6.45, 7) is 3.33. The van der Waals surface area contributed by atoms with E-state index in [2.05, 4.69) is 33.7 Å². The number of aromatic amines is 1. The largest absolute Gasteiger partial charge is 0.382 e. The molecule has 1 aromatic heterocycles. The summed E-state index contributed by atoms with van der Waals surface area (Å²) < 4.78 is 0. The zero-order chi connectivity index (χ0) is 13.2. The summed E-state index contributed by atoms with van der Waals surface area (Å²) >= 11 is 0. The average Bonchev–Trinajstić information content (AvgIpc) is 2.87. The summed E-state index contributed by atoms with van der Waals surface area (Å²) in [5.41, 5.74) is 2.16. The number of H-pyrrole nitrogens is 1. The van der Waals surface area contributed by atoms with E-state index in [0.717, 1.165) is 42.5 Å². The summed E-state index contributed by atoms with van der Waals surface area (Å²) in [5.74, 6) is 0.178. The first-order chi connectivity index (χ1) is 9.22. The lowest BCUT2D eigenvalue weighted by molar-refractivity contribution is -0.129. The Kier molecular flexibility index (Phi) is 3.11. The maximum atomic E-state index is 11.3. The fourth-order valence-electron chi connectivity index (χ4n) is 2.60. The number of amides is 1. The van der Waals surface area contributed by atoms with Gasteiger partial charge in [0.05, 0.1) is 11.7 Å². The molecule has 100 valence electrons. The van der Waals surface area contributed by atoms with Crippen LogP contribution in [0.2, 0.25) is 0 Å². The molecule has 1 aliphatic rings. The highest BCUT2D eigenvalue weighted by molar-refractivity contribution is 5.81. The second-order valence-corrected chi connectivity index (χ2v) is 5.10. The number of nitrogens with zero attached hydrogens (tertiary/aromatic N) is 2. The number of aromatic nitrogens is 2. The fraction of sp³-hybridized carbons (Fsp3) is 0.429. The number of carbonyl (C=O) groups is 1. The third-order valence-corrected chi connectivity index (χ3v) is 3.75. The number of piperidine rings is 1. The van der Waals surface area contributed by atoms with E-state index in [-0.39, 0.29) is 5.91 Å². The molecule has 2 N–H and O–H groups in total. The van der Waals surface area contributed by atoms with E-state index in [0.29, 0.717) is 6.04 Å². The monoisotopic (exact) mass is 258 g/mol. The molecule has 5 nitrogen and oxygen atoms in total. The molecule has 3 rings (SSSR count). The molecule has 19 heavy (non-hydrogen) atoms. The van der Waals surface area contributed by atoms with E-state index in [4.69, 9.17) is 0 Å². The number of likely N-dealkylation sites (tertiary alicyclic amines) is 1. The SMILES string of the molecule is CC(=O)N1CCC(Nc2ccc3cn[nH]c3c2)CC1. The fourth-order valence-corrected chi connectivity index (χ4v) is 2.60. The van der Waals surface area contributed by atoms with Crippen molar-refractivity contribution in [1.29, 1.82) is 0 Å². The van der Waals surface area contributed by atoms with Gasteiger partial charge in [-0.15, -0.1) is 0 Å². The minimum atomic E-state index is 0.178. The van der Waals surface area contributed by atoms with Crippen LogP contribution in [0.25, 0.3) is 10.9 Å². The van der Waals surface area contributed by atoms with Gasteiger partial charge >= 0.3 is 0 Å². The topological polar surface area (TPSA) is 61.0 Å². The maximum Gasteiger partial charge on any atom is 0.219 e.